The minimum atomic E-state index is -0.0458. The van der Waals surface area contributed by atoms with Gasteiger partial charge < -0.3 is 14.6 Å². The average Bonchev–Trinajstić information content (AvgIpc) is 3.35. The summed E-state index contributed by atoms with van der Waals surface area (Å²) in [6.45, 7) is 4.81. The molecule has 2 aromatic rings. The summed E-state index contributed by atoms with van der Waals surface area (Å²) < 4.78 is 7.41. The molecule has 1 N–H and O–H groups in total. The summed E-state index contributed by atoms with van der Waals surface area (Å²) in [7, 11) is 0. The molecule has 1 fully saturated rings. The number of benzene rings is 1. The van der Waals surface area contributed by atoms with Crippen LogP contribution in [-0.4, -0.2) is 58.4 Å². The molecule has 154 valence electrons. The highest BCUT2D eigenvalue weighted by Gasteiger charge is 2.24. The molecule has 0 saturated carbocycles. The standard InChI is InChI=1S/C21H26ClN5O2/c22-18(12-16-4-2-1-3-5-16)14-26-8-6-19-24-25-20(27(19)10-9-26)13-23-21(28)17-7-11-29-15-17/h1-5,12,17H,6-11,13-15H2,(H,23,28)/b18-12-/t17-/m0/s1. The highest BCUT2D eigenvalue weighted by atomic mass is 35.5. The van der Waals surface area contributed by atoms with E-state index in [1.165, 1.54) is 0 Å². The van der Waals surface area contributed by atoms with Gasteiger partial charge in [0.25, 0.3) is 0 Å². The van der Waals surface area contributed by atoms with Crippen LogP contribution in [0.2, 0.25) is 0 Å². The van der Waals surface area contributed by atoms with Crippen molar-refractivity contribution in [1.29, 1.82) is 0 Å². The number of hydrogen-bond acceptors (Lipinski definition) is 5. The molecule has 1 atom stereocenters. The molecule has 0 unspecified atom stereocenters. The number of amides is 1. The Kier molecular flexibility index (Phi) is 6.59. The molecule has 0 aliphatic carbocycles. The minimum Gasteiger partial charge on any atom is -0.381 e. The number of nitrogens with one attached hydrogen (secondary N) is 1. The van der Waals surface area contributed by atoms with Crippen LogP contribution >= 0.6 is 11.6 Å². The van der Waals surface area contributed by atoms with Gasteiger partial charge in [0.2, 0.25) is 5.91 Å². The van der Waals surface area contributed by atoms with Gasteiger partial charge in [-0.15, -0.1) is 10.2 Å². The molecule has 3 heterocycles. The first-order chi connectivity index (χ1) is 14.2. The maximum Gasteiger partial charge on any atom is 0.225 e. The minimum absolute atomic E-state index is 0.0351. The Labute approximate surface area is 175 Å². The molecule has 1 saturated heterocycles. The lowest BCUT2D eigenvalue weighted by Gasteiger charge is -2.19. The van der Waals surface area contributed by atoms with Gasteiger partial charge in [-0.2, -0.15) is 0 Å². The SMILES string of the molecule is O=C(NCc1nnc2n1CCN(C/C(Cl)=C/c1ccccc1)CC2)[C@H]1CCOC1. The molecule has 7 nitrogen and oxygen atoms in total. The van der Waals surface area contributed by atoms with Crippen molar-refractivity contribution in [3.63, 3.8) is 0 Å². The third-order valence-electron chi connectivity index (χ3n) is 5.41. The largest absolute Gasteiger partial charge is 0.381 e. The van der Waals surface area contributed by atoms with Crippen molar-refractivity contribution in [2.75, 3.05) is 32.8 Å². The van der Waals surface area contributed by atoms with Gasteiger partial charge in [0, 0.05) is 44.2 Å². The van der Waals surface area contributed by atoms with E-state index < -0.39 is 0 Å². The molecule has 1 amide bonds. The van der Waals surface area contributed by atoms with Crippen LogP contribution in [0.15, 0.2) is 35.4 Å². The van der Waals surface area contributed by atoms with E-state index in [4.69, 9.17) is 16.3 Å². The summed E-state index contributed by atoms with van der Waals surface area (Å²) >= 11 is 6.49. The predicted octanol–water partition coefficient (Wildman–Crippen LogP) is 2.07. The molecule has 29 heavy (non-hydrogen) atoms. The van der Waals surface area contributed by atoms with Crippen molar-refractivity contribution in [3.8, 4) is 0 Å². The van der Waals surface area contributed by atoms with Crippen LogP contribution in [-0.2, 0) is 29.0 Å². The third-order valence-corrected chi connectivity index (χ3v) is 5.64. The average molecular weight is 416 g/mol. The highest BCUT2D eigenvalue weighted by molar-refractivity contribution is 6.31. The topological polar surface area (TPSA) is 72.3 Å². The second kappa shape index (κ2) is 9.52. The van der Waals surface area contributed by atoms with E-state index in [-0.39, 0.29) is 11.8 Å². The smallest absolute Gasteiger partial charge is 0.225 e. The predicted molar refractivity (Wildman–Crippen MR) is 111 cm³/mol. The Morgan fingerprint density at radius 2 is 2.10 bits per heavy atom. The van der Waals surface area contributed by atoms with Crippen LogP contribution in [0.1, 0.15) is 23.6 Å². The Morgan fingerprint density at radius 1 is 1.24 bits per heavy atom. The summed E-state index contributed by atoms with van der Waals surface area (Å²) in [5.74, 6) is 1.76. The molecule has 2 aliphatic heterocycles. The van der Waals surface area contributed by atoms with Gasteiger partial charge >= 0.3 is 0 Å². The number of nitrogens with zero attached hydrogens (tertiary/aromatic N) is 4. The summed E-state index contributed by atoms with van der Waals surface area (Å²) in [5.41, 5.74) is 1.11. The van der Waals surface area contributed by atoms with E-state index in [1.807, 2.05) is 36.4 Å². The Morgan fingerprint density at radius 3 is 2.90 bits per heavy atom. The molecule has 8 heteroatoms. The second-order valence-corrected chi connectivity index (χ2v) is 7.98. The fourth-order valence-corrected chi connectivity index (χ4v) is 4.05. The van der Waals surface area contributed by atoms with E-state index in [0.29, 0.717) is 26.3 Å². The number of halogens is 1. The maximum atomic E-state index is 12.2. The lowest BCUT2D eigenvalue weighted by atomic mass is 10.1. The number of rotatable bonds is 6. The van der Waals surface area contributed by atoms with Crippen molar-refractivity contribution in [3.05, 3.63) is 52.6 Å². The maximum absolute atomic E-state index is 12.2. The number of carbonyl (C=O) groups is 1. The van der Waals surface area contributed by atoms with Crippen LogP contribution in [0.5, 0.6) is 0 Å². The molecule has 1 aromatic carbocycles. The van der Waals surface area contributed by atoms with Gasteiger partial charge in [-0.1, -0.05) is 41.9 Å². The van der Waals surface area contributed by atoms with Crippen LogP contribution < -0.4 is 5.32 Å². The molecule has 0 radical (unpaired) electrons. The molecule has 2 aliphatic rings. The third kappa shape index (κ3) is 5.23. The normalized spacial score (nSPS) is 20.3. The molecule has 0 bridgehead atoms. The number of carbonyl (C=O) groups excluding carboxylic acids is 1. The lowest BCUT2D eigenvalue weighted by Crippen LogP contribution is -2.32. The van der Waals surface area contributed by atoms with Gasteiger partial charge in [-0.25, -0.2) is 0 Å². The van der Waals surface area contributed by atoms with Crippen LogP contribution in [0, 0.1) is 5.92 Å². The quantitative estimate of drug-likeness (QED) is 0.782. The van der Waals surface area contributed by atoms with Crippen molar-refractivity contribution in [2.24, 2.45) is 5.92 Å². The zero-order chi connectivity index (χ0) is 20.1. The van der Waals surface area contributed by atoms with E-state index >= 15 is 0 Å². The van der Waals surface area contributed by atoms with E-state index in [9.17, 15) is 4.79 Å². The molecular weight excluding hydrogens is 390 g/mol. The van der Waals surface area contributed by atoms with Gasteiger partial charge in [0.1, 0.15) is 5.82 Å². The van der Waals surface area contributed by atoms with E-state index in [2.05, 4.69) is 25.0 Å². The van der Waals surface area contributed by atoms with Crippen molar-refractivity contribution < 1.29 is 9.53 Å². The van der Waals surface area contributed by atoms with Crippen molar-refractivity contribution in [1.82, 2.24) is 25.0 Å². The fourth-order valence-electron chi connectivity index (χ4n) is 3.76. The number of ether oxygens (including phenoxy) is 1. The fraction of sp³-hybridized carbons (Fsp3) is 0.476. The molecule has 4 rings (SSSR count). The number of aromatic nitrogens is 3. The Bertz CT molecular complexity index is 861. The number of fused-ring (bicyclic) bond motifs is 1. The highest BCUT2D eigenvalue weighted by Crippen LogP contribution is 2.16. The summed E-state index contributed by atoms with van der Waals surface area (Å²) in [6.07, 6.45) is 3.61. The van der Waals surface area contributed by atoms with Crippen molar-refractivity contribution in [2.45, 2.75) is 25.9 Å². The van der Waals surface area contributed by atoms with Crippen LogP contribution in [0.4, 0.5) is 0 Å². The first-order valence-corrected chi connectivity index (χ1v) is 10.5. The second-order valence-electron chi connectivity index (χ2n) is 7.49. The Hall–Kier alpha value is -2.22. The van der Waals surface area contributed by atoms with Gasteiger partial charge in [0.15, 0.2) is 5.82 Å². The van der Waals surface area contributed by atoms with Crippen LogP contribution in [0.3, 0.4) is 0 Å². The monoisotopic (exact) mass is 415 g/mol. The van der Waals surface area contributed by atoms with Crippen LogP contribution in [0.25, 0.3) is 6.08 Å². The van der Waals surface area contributed by atoms with Gasteiger partial charge in [0.05, 0.1) is 19.1 Å². The van der Waals surface area contributed by atoms with Crippen molar-refractivity contribution >= 4 is 23.6 Å². The first-order valence-electron chi connectivity index (χ1n) is 10.1. The number of hydrogen-bond donors (Lipinski definition) is 1. The molecule has 1 aromatic heterocycles. The summed E-state index contributed by atoms with van der Waals surface area (Å²) in [4.78, 5) is 14.6. The zero-order valence-electron chi connectivity index (χ0n) is 16.4. The van der Waals surface area contributed by atoms with E-state index in [1.54, 1.807) is 0 Å². The van der Waals surface area contributed by atoms with Gasteiger partial charge in [-0.3, -0.25) is 9.69 Å². The summed E-state index contributed by atoms with van der Waals surface area (Å²) in [6, 6.07) is 10.1. The zero-order valence-corrected chi connectivity index (χ0v) is 17.1. The van der Waals surface area contributed by atoms with Gasteiger partial charge in [-0.05, 0) is 18.1 Å². The lowest BCUT2D eigenvalue weighted by molar-refractivity contribution is -0.125. The summed E-state index contributed by atoms with van der Waals surface area (Å²) in [5, 5.41) is 12.4. The molecule has 0 spiro atoms. The van der Waals surface area contributed by atoms with E-state index in [0.717, 1.165) is 54.7 Å². The first kappa shape index (κ1) is 20.1. The molecular formula is C21H26ClN5O2. The Balaban J connectivity index is 1.32.